The van der Waals surface area contributed by atoms with Crippen LogP contribution in [-0.2, 0) is 16.6 Å². The lowest BCUT2D eigenvalue weighted by atomic mass is 10.2. The van der Waals surface area contributed by atoms with Crippen LogP contribution in [0.15, 0.2) is 71.8 Å². The molecule has 0 radical (unpaired) electrons. The monoisotopic (exact) mass is 356 g/mol. The van der Waals surface area contributed by atoms with E-state index in [0.717, 1.165) is 5.56 Å². The predicted octanol–water partition coefficient (Wildman–Crippen LogP) is 2.14. The number of aromatic nitrogens is 2. The molecule has 25 heavy (non-hydrogen) atoms. The number of benzene rings is 2. The van der Waals surface area contributed by atoms with Gasteiger partial charge in [0.25, 0.3) is 5.91 Å². The first-order chi connectivity index (χ1) is 12.0. The normalized spacial score (nSPS) is 11.2. The summed E-state index contributed by atoms with van der Waals surface area (Å²) in [6, 6.07) is 16.6. The van der Waals surface area contributed by atoms with Crippen LogP contribution in [0.1, 0.15) is 15.9 Å². The summed E-state index contributed by atoms with van der Waals surface area (Å²) >= 11 is 0. The Morgan fingerprint density at radius 1 is 1.04 bits per heavy atom. The predicted molar refractivity (Wildman–Crippen MR) is 93.5 cm³/mol. The maximum atomic E-state index is 12.4. The summed E-state index contributed by atoms with van der Waals surface area (Å²) in [4.78, 5) is 12.2. The molecule has 2 aromatic carbocycles. The molecule has 0 spiro atoms. The Bertz CT molecular complexity index is 955. The largest absolute Gasteiger partial charge is 0.307 e. The van der Waals surface area contributed by atoms with Gasteiger partial charge in [-0.25, -0.2) is 13.1 Å². The highest BCUT2D eigenvalue weighted by Gasteiger charge is 2.16. The molecular weight excluding hydrogens is 340 g/mol. The van der Waals surface area contributed by atoms with E-state index in [1.165, 1.54) is 24.4 Å². The van der Waals surface area contributed by atoms with Gasteiger partial charge in [-0.15, -0.1) is 0 Å². The first kappa shape index (κ1) is 16.9. The lowest BCUT2D eigenvalue weighted by molar-refractivity contribution is 0.102. The van der Waals surface area contributed by atoms with E-state index in [0.29, 0.717) is 5.82 Å². The molecule has 3 rings (SSSR count). The topological polar surface area (TPSA) is 104 Å². The molecule has 0 fully saturated rings. The molecule has 0 aliphatic carbocycles. The first-order valence-electron chi connectivity index (χ1n) is 7.49. The van der Waals surface area contributed by atoms with Gasteiger partial charge in [-0.2, -0.15) is 5.10 Å². The highest BCUT2D eigenvalue weighted by molar-refractivity contribution is 7.89. The molecule has 0 atom stereocenters. The average Bonchev–Trinajstić information content (AvgIpc) is 3.14. The van der Waals surface area contributed by atoms with E-state index >= 15 is 0 Å². The van der Waals surface area contributed by atoms with Gasteiger partial charge in [0.15, 0.2) is 0 Å². The van der Waals surface area contributed by atoms with Crippen molar-refractivity contribution < 1.29 is 13.2 Å². The van der Waals surface area contributed by atoms with Crippen molar-refractivity contribution in [3.8, 4) is 0 Å². The first-order valence-corrected chi connectivity index (χ1v) is 8.97. The van der Waals surface area contributed by atoms with Crippen molar-refractivity contribution in [1.29, 1.82) is 0 Å². The standard InChI is InChI=1S/C17H16N4O3S/c22-17(20-16-9-10-18-21-16)14-7-4-8-15(11-14)25(23,24)19-12-13-5-2-1-3-6-13/h1-11,19H,12H2,(H2,18,20,21,22). The zero-order valence-corrected chi connectivity index (χ0v) is 14.0. The Morgan fingerprint density at radius 2 is 1.84 bits per heavy atom. The summed E-state index contributed by atoms with van der Waals surface area (Å²) in [5.41, 5.74) is 1.08. The Labute approximate surface area is 145 Å². The lowest BCUT2D eigenvalue weighted by Crippen LogP contribution is -2.23. The van der Waals surface area contributed by atoms with Gasteiger partial charge in [0, 0.05) is 18.2 Å². The number of carbonyl (C=O) groups is 1. The molecule has 1 aromatic heterocycles. The summed E-state index contributed by atoms with van der Waals surface area (Å²) in [5, 5.41) is 8.94. The van der Waals surface area contributed by atoms with Crippen LogP contribution in [0.3, 0.4) is 0 Å². The number of H-pyrrole nitrogens is 1. The second kappa shape index (κ2) is 7.29. The van der Waals surface area contributed by atoms with Crippen molar-refractivity contribution in [1.82, 2.24) is 14.9 Å². The number of hydrogen-bond donors (Lipinski definition) is 3. The van der Waals surface area contributed by atoms with Crippen LogP contribution >= 0.6 is 0 Å². The molecule has 3 N–H and O–H groups in total. The summed E-state index contributed by atoms with van der Waals surface area (Å²) in [6.07, 6.45) is 1.50. The molecule has 128 valence electrons. The third-order valence-corrected chi connectivity index (χ3v) is 4.86. The van der Waals surface area contributed by atoms with Gasteiger partial charge in [-0.3, -0.25) is 9.89 Å². The van der Waals surface area contributed by atoms with Crippen molar-refractivity contribution in [3.05, 3.63) is 78.0 Å². The number of carbonyl (C=O) groups excluding carboxylic acids is 1. The van der Waals surface area contributed by atoms with E-state index in [2.05, 4.69) is 20.2 Å². The number of nitrogens with one attached hydrogen (secondary N) is 3. The van der Waals surface area contributed by atoms with Gasteiger partial charge in [-0.1, -0.05) is 36.4 Å². The summed E-state index contributed by atoms with van der Waals surface area (Å²) < 4.78 is 27.4. The van der Waals surface area contributed by atoms with Gasteiger partial charge in [-0.05, 0) is 23.8 Å². The Hall–Kier alpha value is -2.97. The molecule has 1 heterocycles. The van der Waals surface area contributed by atoms with Gasteiger partial charge in [0.2, 0.25) is 10.0 Å². The Morgan fingerprint density at radius 3 is 2.56 bits per heavy atom. The number of nitrogens with zero attached hydrogens (tertiary/aromatic N) is 1. The molecule has 3 aromatic rings. The zero-order valence-electron chi connectivity index (χ0n) is 13.1. The molecule has 0 aliphatic rings. The zero-order chi connectivity index (χ0) is 17.7. The van der Waals surface area contributed by atoms with Gasteiger partial charge in [0.1, 0.15) is 5.82 Å². The van der Waals surface area contributed by atoms with E-state index in [9.17, 15) is 13.2 Å². The van der Waals surface area contributed by atoms with Crippen LogP contribution in [0, 0.1) is 0 Å². The molecule has 1 amide bonds. The van der Waals surface area contributed by atoms with E-state index in [4.69, 9.17) is 0 Å². The number of anilines is 1. The van der Waals surface area contributed by atoms with Crippen molar-refractivity contribution in [2.45, 2.75) is 11.4 Å². The minimum Gasteiger partial charge on any atom is -0.307 e. The highest BCUT2D eigenvalue weighted by atomic mass is 32.2. The van der Waals surface area contributed by atoms with Gasteiger partial charge >= 0.3 is 0 Å². The number of hydrogen-bond acceptors (Lipinski definition) is 4. The Kier molecular flexibility index (Phi) is 4.92. The molecule has 7 nitrogen and oxygen atoms in total. The van der Waals surface area contributed by atoms with Crippen LogP contribution in [0.25, 0.3) is 0 Å². The fraction of sp³-hybridized carbons (Fsp3) is 0.0588. The van der Waals surface area contributed by atoms with Crippen LogP contribution in [0.5, 0.6) is 0 Å². The van der Waals surface area contributed by atoms with Crippen molar-refractivity contribution >= 4 is 21.7 Å². The van der Waals surface area contributed by atoms with E-state index in [1.54, 1.807) is 12.1 Å². The van der Waals surface area contributed by atoms with Crippen LogP contribution in [0.2, 0.25) is 0 Å². The smallest absolute Gasteiger partial charge is 0.256 e. The minimum atomic E-state index is -3.73. The van der Waals surface area contributed by atoms with E-state index in [-0.39, 0.29) is 17.0 Å². The van der Waals surface area contributed by atoms with Crippen LogP contribution < -0.4 is 10.0 Å². The SMILES string of the molecule is O=C(Nc1ccn[nH]1)c1cccc(S(=O)(=O)NCc2ccccc2)c1. The molecule has 0 saturated heterocycles. The quantitative estimate of drug-likeness (QED) is 0.629. The highest BCUT2D eigenvalue weighted by Crippen LogP contribution is 2.14. The van der Waals surface area contributed by atoms with E-state index in [1.807, 2.05) is 30.3 Å². The van der Waals surface area contributed by atoms with Crippen molar-refractivity contribution in [2.24, 2.45) is 0 Å². The van der Waals surface area contributed by atoms with Crippen LogP contribution in [0.4, 0.5) is 5.82 Å². The Balaban J connectivity index is 1.74. The molecular formula is C17H16N4O3S. The number of rotatable bonds is 6. The maximum absolute atomic E-state index is 12.4. The third kappa shape index (κ3) is 4.31. The molecule has 0 unspecified atom stereocenters. The minimum absolute atomic E-state index is 0.0284. The van der Waals surface area contributed by atoms with Crippen molar-refractivity contribution in [2.75, 3.05) is 5.32 Å². The van der Waals surface area contributed by atoms with Gasteiger partial charge < -0.3 is 5.32 Å². The fourth-order valence-electron chi connectivity index (χ4n) is 2.18. The lowest BCUT2D eigenvalue weighted by Gasteiger charge is -2.08. The summed E-state index contributed by atoms with van der Waals surface area (Å²) in [7, 11) is -3.73. The summed E-state index contributed by atoms with van der Waals surface area (Å²) in [5.74, 6) is 0.00446. The maximum Gasteiger partial charge on any atom is 0.256 e. The van der Waals surface area contributed by atoms with Crippen LogP contribution in [-0.4, -0.2) is 24.5 Å². The van der Waals surface area contributed by atoms with Gasteiger partial charge in [0.05, 0.1) is 11.1 Å². The molecule has 0 aliphatic heterocycles. The molecule has 0 saturated carbocycles. The third-order valence-electron chi connectivity index (χ3n) is 3.46. The number of sulfonamides is 1. The summed E-state index contributed by atoms with van der Waals surface area (Å²) in [6.45, 7) is 0.174. The average molecular weight is 356 g/mol. The second-order valence-electron chi connectivity index (χ2n) is 5.26. The second-order valence-corrected chi connectivity index (χ2v) is 7.03. The number of aromatic amines is 1. The molecule has 8 heteroatoms. The molecule has 0 bridgehead atoms. The van der Waals surface area contributed by atoms with Crippen molar-refractivity contribution in [3.63, 3.8) is 0 Å². The van der Waals surface area contributed by atoms with E-state index < -0.39 is 15.9 Å². The fourth-order valence-corrected chi connectivity index (χ4v) is 3.25. The number of amides is 1.